The lowest BCUT2D eigenvalue weighted by molar-refractivity contribution is 0.0697. The molecule has 22 heavy (non-hydrogen) atoms. The molecule has 2 aromatic rings. The zero-order chi connectivity index (χ0) is 16.3. The van der Waals surface area contributed by atoms with Crippen LogP contribution in [0.5, 0.6) is 0 Å². The van der Waals surface area contributed by atoms with Crippen LogP contribution < -0.4 is 9.80 Å². The summed E-state index contributed by atoms with van der Waals surface area (Å²) in [6, 6.07) is 13.6. The van der Waals surface area contributed by atoms with Crippen LogP contribution in [0.1, 0.15) is 20.7 Å². The molecule has 2 aromatic carbocycles. The Kier molecular flexibility index (Phi) is 4.46. The summed E-state index contributed by atoms with van der Waals surface area (Å²) >= 11 is 0. The molecular formula is C17H18N2O3. The first-order valence-corrected chi connectivity index (χ1v) is 6.79. The molecular weight excluding hydrogens is 280 g/mol. The third kappa shape index (κ3) is 3.09. The molecule has 114 valence electrons. The Balaban J connectivity index is 2.31. The highest BCUT2D eigenvalue weighted by Crippen LogP contribution is 2.22. The summed E-state index contributed by atoms with van der Waals surface area (Å²) in [5, 5.41) is 9.22. The van der Waals surface area contributed by atoms with E-state index in [4.69, 9.17) is 0 Å². The Morgan fingerprint density at radius 3 is 2.05 bits per heavy atom. The quantitative estimate of drug-likeness (QED) is 0.943. The van der Waals surface area contributed by atoms with Crippen LogP contribution in [0, 0.1) is 0 Å². The van der Waals surface area contributed by atoms with E-state index in [-0.39, 0.29) is 11.5 Å². The van der Waals surface area contributed by atoms with Crippen LogP contribution in [0.2, 0.25) is 0 Å². The first kappa shape index (κ1) is 15.6. The SMILES string of the molecule is CN(C)c1ccc(C(=O)N(C)c2ccccc2C(=O)O)cc1. The van der Waals surface area contributed by atoms with Crippen molar-refractivity contribution in [2.45, 2.75) is 0 Å². The minimum Gasteiger partial charge on any atom is -0.478 e. The van der Waals surface area contributed by atoms with Crippen molar-refractivity contribution < 1.29 is 14.7 Å². The Morgan fingerprint density at radius 2 is 1.50 bits per heavy atom. The second-order valence-electron chi connectivity index (χ2n) is 5.13. The van der Waals surface area contributed by atoms with Crippen LogP contribution in [0.4, 0.5) is 11.4 Å². The highest BCUT2D eigenvalue weighted by molar-refractivity contribution is 6.09. The number of amides is 1. The van der Waals surface area contributed by atoms with Gasteiger partial charge in [-0.3, -0.25) is 4.79 Å². The number of benzene rings is 2. The van der Waals surface area contributed by atoms with Crippen LogP contribution in [0.3, 0.4) is 0 Å². The maximum atomic E-state index is 12.5. The van der Waals surface area contributed by atoms with Gasteiger partial charge in [-0.1, -0.05) is 12.1 Å². The average Bonchev–Trinajstić information content (AvgIpc) is 2.53. The smallest absolute Gasteiger partial charge is 0.337 e. The molecule has 1 amide bonds. The maximum Gasteiger partial charge on any atom is 0.337 e. The molecule has 0 bridgehead atoms. The van der Waals surface area contributed by atoms with Gasteiger partial charge in [-0.05, 0) is 36.4 Å². The fourth-order valence-corrected chi connectivity index (χ4v) is 2.15. The van der Waals surface area contributed by atoms with Gasteiger partial charge in [0.15, 0.2) is 0 Å². The molecule has 0 unspecified atom stereocenters. The number of hydrogen-bond acceptors (Lipinski definition) is 3. The first-order chi connectivity index (χ1) is 10.4. The number of carboxylic acid groups (broad SMARTS) is 1. The van der Waals surface area contributed by atoms with Crippen molar-refractivity contribution in [2.24, 2.45) is 0 Å². The van der Waals surface area contributed by atoms with Gasteiger partial charge in [0.05, 0.1) is 11.3 Å². The van der Waals surface area contributed by atoms with Crippen molar-refractivity contribution in [3.8, 4) is 0 Å². The van der Waals surface area contributed by atoms with Crippen molar-refractivity contribution in [1.82, 2.24) is 0 Å². The van der Waals surface area contributed by atoms with Crippen molar-refractivity contribution in [3.05, 3.63) is 59.7 Å². The summed E-state index contributed by atoms with van der Waals surface area (Å²) in [6.45, 7) is 0. The molecule has 2 rings (SSSR count). The van der Waals surface area contributed by atoms with Crippen LogP contribution >= 0.6 is 0 Å². The third-order valence-electron chi connectivity index (χ3n) is 3.43. The van der Waals surface area contributed by atoms with Crippen LogP contribution in [-0.4, -0.2) is 38.1 Å². The van der Waals surface area contributed by atoms with Crippen molar-refractivity contribution >= 4 is 23.3 Å². The Bertz CT molecular complexity index is 693. The standard InChI is InChI=1S/C17H18N2O3/c1-18(2)13-10-8-12(9-11-13)16(20)19(3)15-7-5-4-6-14(15)17(21)22/h4-11H,1-3H3,(H,21,22). The topological polar surface area (TPSA) is 60.9 Å². The lowest BCUT2D eigenvalue weighted by atomic mass is 10.1. The molecule has 0 heterocycles. The summed E-state index contributed by atoms with van der Waals surface area (Å²) < 4.78 is 0. The molecule has 0 aliphatic carbocycles. The first-order valence-electron chi connectivity index (χ1n) is 6.79. The van der Waals surface area contributed by atoms with E-state index in [1.54, 1.807) is 37.4 Å². The molecule has 0 aliphatic heterocycles. The fourth-order valence-electron chi connectivity index (χ4n) is 2.15. The summed E-state index contributed by atoms with van der Waals surface area (Å²) in [5.41, 5.74) is 1.97. The van der Waals surface area contributed by atoms with Crippen LogP contribution in [-0.2, 0) is 0 Å². The van der Waals surface area contributed by atoms with Gasteiger partial charge < -0.3 is 14.9 Å². The molecule has 1 N–H and O–H groups in total. The maximum absolute atomic E-state index is 12.5. The third-order valence-corrected chi connectivity index (χ3v) is 3.43. The highest BCUT2D eigenvalue weighted by atomic mass is 16.4. The predicted molar refractivity (Wildman–Crippen MR) is 86.9 cm³/mol. The number of carboxylic acids is 1. The number of anilines is 2. The average molecular weight is 298 g/mol. The lowest BCUT2D eigenvalue weighted by Crippen LogP contribution is -2.27. The van der Waals surface area contributed by atoms with E-state index in [2.05, 4.69) is 0 Å². The molecule has 5 heteroatoms. The van der Waals surface area contributed by atoms with Gasteiger partial charge in [0.1, 0.15) is 0 Å². The van der Waals surface area contributed by atoms with E-state index in [1.807, 2.05) is 31.1 Å². The number of hydrogen-bond donors (Lipinski definition) is 1. The zero-order valence-electron chi connectivity index (χ0n) is 12.8. The van der Waals surface area contributed by atoms with E-state index in [0.717, 1.165) is 5.69 Å². The molecule has 0 saturated carbocycles. The predicted octanol–water partition coefficient (Wildman–Crippen LogP) is 2.73. The minimum atomic E-state index is -1.06. The summed E-state index contributed by atoms with van der Waals surface area (Å²) in [5.74, 6) is -1.31. The fraction of sp³-hybridized carbons (Fsp3) is 0.176. The van der Waals surface area contributed by atoms with Crippen molar-refractivity contribution in [2.75, 3.05) is 30.9 Å². The van der Waals surface area contributed by atoms with E-state index < -0.39 is 5.97 Å². The second kappa shape index (κ2) is 6.30. The number of para-hydroxylation sites is 1. The zero-order valence-corrected chi connectivity index (χ0v) is 12.8. The van der Waals surface area contributed by atoms with Gasteiger partial charge >= 0.3 is 5.97 Å². The number of carbonyl (C=O) groups excluding carboxylic acids is 1. The molecule has 0 saturated heterocycles. The van der Waals surface area contributed by atoms with Crippen molar-refractivity contribution in [3.63, 3.8) is 0 Å². The number of carbonyl (C=O) groups is 2. The van der Waals surface area contributed by atoms with E-state index in [0.29, 0.717) is 11.3 Å². The van der Waals surface area contributed by atoms with Gasteiger partial charge in [-0.25, -0.2) is 4.79 Å². The number of rotatable bonds is 4. The molecule has 0 aliphatic rings. The van der Waals surface area contributed by atoms with Gasteiger partial charge in [0.2, 0.25) is 0 Å². The van der Waals surface area contributed by atoms with E-state index in [1.165, 1.54) is 11.0 Å². The highest BCUT2D eigenvalue weighted by Gasteiger charge is 2.19. The molecule has 0 spiro atoms. The Labute approximate surface area is 129 Å². The van der Waals surface area contributed by atoms with Crippen molar-refractivity contribution in [1.29, 1.82) is 0 Å². The largest absolute Gasteiger partial charge is 0.478 e. The van der Waals surface area contributed by atoms with Gasteiger partial charge in [-0.2, -0.15) is 0 Å². The molecule has 5 nitrogen and oxygen atoms in total. The minimum absolute atomic E-state index is 0.100. The molecule has 0 fully saturated rings. The second-order valence-corrected chi connectivity index (χ2v) is 5.13. The van der Waals surface area contributed by atoms with Gasteiger partial charge in [-0.15, -0.1) is 0 Å². The van der Waals surface area contributed by atoms with Crippen LogP contribution in [0.25, 0.3) is 0 Å². The molecule has 0 atom stereocenters. The van der Waals surface area contributed by atoms with Crippen LogP contribution in [0.15, 0.2) is 48.5 Å². The van der Waals surface area contributed by atoms with E-state index >= 15 is 0 Å². The summed E-state index contributed by atoms with van der Waals surface area (Å²) in [7, 11) is 5.42. The Hall–Kier alpha value is -2.82. The molecule has 0 aromatic heterocycles. The monoisotopic (exact) mass is 298 g/mol. The lowest BCUT2D eigenvalue weighted by Gasteiger charge is -2.20. The normalized spacial score (nSPS) is 10.1. The Morgan fingerprint density at radius 1 is 0.909 bits per heavy atom. The summed E-state index contributed by atoms with van der Waals surface area (Å²) in [6.07, 6.45) is 0. The number of aromatic carboxylic acids is 1. The summed E-state index contributed by atoms with van der Waals surface area (Å²) in [4.78, 5) is 27.1. The van der Waals surface area contributed by atoms with Gasteiger partial charge in [0.25, 0.3) is 5.91 Å². The number of nitrogens with zero attached hydrogens (tertiary/aromatic N) is 2. The van der Waals surface area contributed by atoms with E-state index in [9.17, 15) is 14.7 Å². The molecule has 0 radical (unpaired) electrons. The van der Waals surface area contributed by atoms with Gasteiger partial charge in [0, 0.05) is 32.4 Å².